The van der Waals surface area contributed by atoms with Gasteiger partial charge in [0, 0.05) is 33.7 Å². The van der Waals surface area contributed by atoms with Crippen LogP contribution in [0, 0.1) is 0 Å². The molecule has 1 atom stereocenters. The maximum Gasteiger partial charge on any atom is 0.300 e. The van der Waals surface area contributed by atoms with Gasteiger partial charge in [0.15, 0.2) is 0 Å². The van der Waals surface area contributed by atoms with E-state index in [2.05, 4.69) is 4.98 Å². The summed E-state index contributed by atoms with van der Waals surface area (Å²) in [5, 5.41) is 11.8. The summed E-state index contributed by atoms with van der Waals surface area (Å²) in [6.45, 7) is 0. The minimum atomic E-state index is -0.860. The summed E-state index contributed by atoms with van der Waals surface area (Å²) in [6.07, 6.45) is 3.14. The van der Waals surface area contributed by atoms with Crippen molar-refractivity contribution >= 4 is 46.3 Å². The summed E-state index contributed by atoms with van der Waals surface area (Å²) >= 11 is 12.1. The second-order valence-electron chi connectivity index (χ2n) is 6.45. The van der Waals surface area contributed by atoms with Crippen molar-refractivity contribution in [2.24, 2.45) is 0 Å². The lowest BCUT2D eigenvalue weighted by Crippen LogP contribution is -2.29. The number of ketones is 1. The first-order valence-electron chi connectivity index (χ1n) is 8.70. The summed E-state index contributed by atoms with van der Waals surface area (Å²) < 4.78 is 0. The summed E-state index contributed by atoms with van der Waals surface area (Å²) in [5.74, 6) is -1.86. The number of amides is 1. The molecule has 0 spiro atoms. The zero-order chi connectivity index (χ0) is 20.5. The second-order valence-corrected chi connectivity index (χ2v) is 7.32. The number of benzene rings is 2. The third kappa shape index (κ3) is 3.50. The Kier molecular flexibility index (Phi) is 5.09. The van der Waals surface area contributed by atoms with E-state index in [4.69, 9.17) is 23.2 Å². The van der Waals surface area contributed by atoms with Gasteiger partial charge in [-0.05, 0) is 42.0 Å². The summed E-state index contributed by atoms with van der Waals surface area (Å²) in [6, 6.07) is 15.7. The fraction of sp³-hybridized carbons (Fsp3) is 0.0455. The Bertz CT molecular complexity index is 1150. The van der Waals surface area contributed by atoms with E-state index in [1.165, 1.54) is 11.0 Å². The van der Waals surface area contributed by atoms with Gasteiger partial charge in [-0.1, -0.05) is 47.5 Å². The molecular formula is C22H14Cl2N2O3. The number of hydrogen-bond acceptors (Lipinski definition) is 4. The van der Waals surface area contributed by atoms with E-state index in [1.54, 1.807) is 67.0 Å². The van der Waals surface area contributed by atoms with Crippen LogP contribution in [0.4, 0.5) is 5.69 Å². The van der Waals surface area contributed by atoms with Crippen molar-refractivity contribution in [3.63, 3.8) is 0 Å². The molecule has 5 nitrogen and oxygen atoms in total. The lowest BCUT2D eigenvalue weighted by atomic mass is 9.96. The van der Waals surface area contributed by atoms with Crippen molar-refractivity contribution in [1.82, 2.24) is 4.98 Å². The molecule has 3 aromatic rings. The van der Waals surface area contributed by atoms with Crippen LogP contribution >= 0.6 is 23.2 Å². The highest BCUT2D eigenvalue weighted by molar-refractivity contribution is 6.51. The Morgan fingerprint density at radius 2 is 1.69 bits per heavy atom. The number of pyridine rings is 1. The largest absolute Gasteiger partial charge is 0.507 e. The Balaban J connectivity index is 1.96. The highest BCUT2D eigenvalue weighted by Crippen LogP contribution is 2.42. The van der Waals surface area contributed by atoms with Crippen LogP contribution in [0.25, 0.3) is 5.76 Å². The number of carbonyl (C=O) groups is 2. The molecule has 0 aliphatic carbocycles. The van der Waals surface area contributed by atoms with Crippen LogP contribution in [0.5, 0.6) is 0 Å². The van der Waals surface area contributed by atoms with Gasteiger partial charge in [0.1, 0.15) is 5.76 Å². The average Bonchev–Trinajstić information content (AvgIpc) is 2.99. The summed E-state index contributed by atoms with van der Waals surface area (Å²) in [5.41, 5.74) is 1.33. The number of nitrogens with zero attached hydrogens (tertiary/aromatic N) is 2. The van der Waals surface area contributed by atoms with Crippen molar-refractivity contribution in [3.05, 3.63) is 99.8 Å². The maximum absolute atomic E-state index is 13.0. The van der Waals surface area contributed by atoms with Crippen molar-refractivity contribution in [2.45, 2.75) is 6.04 Å². The number of aliphatic hydroxyl groups excluding tert-OH is 1. The first kappa shape index (κ1) is 19.2. The third-order valence-corrected chi connectivity index (χ3v) is 5.10. The van der Waals surface area contributed by atoms with Crippen molar-refractivity contribution in [3.8, 4) is 0 Å². The number of rotatable bonds is 3. The van der Waals surface area contributed by atoms with Crippen LogP contribution in [0.1, 0.15) is 17.2 Å². The number of halogens is 2. The lowest BCUT2D eigenvalue weighted by Gasteiger charge is -2.25. The first-order valence-corrected chi connectivity index (χ1v) is 9.45. The Hall–Kier alpha value is -3.15. The van der Waals surface area contributed by atoms with Gasteiger partial charge in [-0.25, -0.2) is 0 Å². The first-order chi connectivity index (χ1) is 14.0. The topological polar surface area (TPSA) is 70.5 Å². The zero-order valence-electron chi connectivity index (χ0n) is 14.9. The Morgan fingerprint density at radius 1 is 0.966 bits per heavy atom. The molecule has 1 aliphatic heterocycles. The average molecular weight is 425 g/mol. The quantitative estimate of drug-likeness (QED) is 0.364. The predicted octanol–water partition coefficient (Wildman–Crippen LogP) is 5.01. The standard InChI is InChI=1S/C22H14Cl2N2O3/c23-15-6-1-4-13(10-15)20(27)18-19(14-5-3-9-25-12-14)26(22(29)21(18)28)17-8-2-7-16(24)11-17/h1-12,19,27H/b20-18+. The number of aliphatic hydroxyl groups is 1. The van der Waals surface area contributed by atoms with E-state index in [-0.39, 0.29) is 11.3 Å². The molecule has 0 saturated carbocycles. The van der Waals surface area contributed by atoms with Gasteiger partial charge < -0.3 is 5.11 Å². The smallest absolute Gasteiger partial charge is 0.300 e. The molecule has 144 valence electrons. The highest BCUT2D eigenvalue weighted by Gasteiger charge is 2.47. The Labute approximate surface area is 176 Å². The van der Waals surface area contributed by atoms with Crippen LogP contribution in [0.2, 0.25) is 10.0 Å². The van der Waals surface area contributed by atoms with Gasteiger partial charge in [-0.2, -0.15) is 0 Å². The number of hydrogen-bond donors (Lipinski definition) is 1. The lowest BCUT2D eigenvalue weighted by molar-refractivity contribution is -0.132. The predicted molar refractivity (Wildman–Crippen MR) is 112 cm³/mol. The maximum atomic E-state index is 13.0. The molecule has 1 N–H and O–H groups in total. The molecule has 1 aromatic heterocycles. The van der Waals surface area contributed by atoms with Crippen molar-refractivity contribution < 1.29 is 14.7 Å². The molecule has 1 amide bonds. The minimum Gasteiger partial charge on any atom is -0.507 e. The van der Waals surface area contributed by atoms with E-state index in [0.717, 1.165) is 0 Å². The molecule has 1 fully saturated rings. The van der Waals surface area contributed by atoms with Crippen molar-refractivity contribution in [2.75, 3.05) is 4.90 Å². The molecule has 0 radical (unpaired) electrons. The molecule has 4 rings (SSSR count). The minimum absolute atomic E-state index is 0.0368. The van der Waals surface area contributed by atoms with Gasteiger partial charge in [-0.15, -0.1) is 0 Å². The molecular weight excluding hydrogens is 411 g/mol. The number of anilines is 1. The summed E-state index contributed by atoms with van der Waals surface area (Å²) in [7, 11) is 0. The normalized spacial score (nSPS) is 18.3. The van der Waals surface area contributed by atoms with E-state index in [1.807, 2.05) is 0 Å². The van der Waals surface area contributed by atoms with E-state index in [0.29, 0.717) is 26.9 Å². The van der Waals surface area contributed by atoms with Crippen LogP contribution in [0.3, 0.4) is 0 Å². The fourth-order valence-electron chi connectivity index (χ4n) is 3.37. The van der Waals surface area contributed by atoms with Gasteiger partial charge in [0.05, 0.1) is 11.6 Å². The Morgan fingerprint density at radius 3 is 2.34 bits per heavy atom. The second kappa shape index (κ2) is 7.70. The van der Waals surface area contributed by atoms with E-state index >= 15 is 0 Å². The highest BCUT2D eigenvalue weighted by atomic mass is 35.5. The van der Waals surface area contributed by atoms with Gasteiger partial charge >= 0.3 is 0 Å². The molecule has 2 heterocycles. The SMILES string of the molecule is O=C1C(=O)N(c2cccc(Cl)c2)C(c2cccnc2)/C1=C(\O)c1cccc(Cl)c1. The van der Waals surface area contributed by atoms with Crippen LogP contribution in [-0.4, -0.2) is 21.8 Å². The van der Waals surface area contributed by atoms with Crippen molar-refractivity contribution in [1.29, 1.82) is 0 Å². The molecule has 7 heteroatoms. The monoisotopic (exact) mass is 424 g/mol. The van der Waals surface area contributed by atoms with Crippen LogP contribution in [-0.2, 0) is 9.59 Å². The number of aromatic nitrogens is 1. The molecule has 1 saturated heterocycles. The zero-order valence-corrected chi connectivity index (χ0v) is 16.4. The molecule has 2 aromatic carbocycles. The van der Waals surface area contributed by atoms with E-state index in [9.17, 15) is 14.7 Å². The summed E-state index contributed by atoms with van der Waals surface area (Å²) in [4.78, 5) is 31.3. The third-order valence-electron chi connectivity index (χ3n) is 4.63. The van der Waals surface area contributed by atoms with Gasteiger partial charge in [-0.3, -0.25) is 19.5 Å². The van der Waals surface area contributed by atoms with Crippen LogP contribution < -0.4 is 4.90 Å². The number of Topliss-reactive ketones (excluding diaryl/α,β-unsaturated/α-hetero) is 1. The molecule has 0 bridgehead atoms. The van der Waals surface area contributed by atoms with Gasteiger partial charge in [0.2, 0.25) is 0 Å². The molecule has 1 aliphatic rings. The molecule has 1 unspecified atom stereocenters. The number of carbonyl (C=O) groups excluding carboxylic acids is 2. The van der Waals surface area contributed by atoms with E-state index < -0.39 is 17.7 Å². The fourth-order valence-corrected chi connectivity index (χ4v) is 3.74. The molecule has 29 heavy (non-hydrogen) atoms. The van der Waals surface area contributed by atoms with Gasteiger partial charge in [0.25, 0.3) is 11.7 Å². The van der Waals surface area contributed by atoms with Crippen LogP contribution in [0.15, 0.2) is 78.6 Å².